The largest absolute Gasteiger partial charge is 0.486 e. The molecule has 3 heterocycles. The maximum absolute atomic E-state index is 12.9. The predicted molar refractivity (Wildman–Crippen MR) is 107 cm³/mol. The Hall–Kier alpha value is -2.65. The van der Waals surface area contributed by atoms with E-state index < -0.39 is 0 Å². The lowest BCUT2D eigenvalue weighted by Gasteiger charge is -2.31. The second kappa shape index (κ2) is 9.03. The van der Waals surface area contributed by atoms with Crippen LogP contribution in [0.3, 0.4) is 0 Å². The molecule has 3 aromatic rings. The summed E-state index contributed by atoms with van der Waals surface area (Å²) in [5, 5.41) is 3.36. The minimum Gasteiger partial charge on any atom is -0.486 e. The highest BCUT2D eigenvalue weighted by Crippen LogP contribution is 2.31. The molecule has 1 unspecified atom stereocenters. The summed E-state index contributed by atoms with van der Waals surface area (Å²) in [5.41, 5.74) is 0. The first-order chi connectivity index (χ1) is 13.8. The molecule has 0 aliphatic carbocycles. The van der Waals surface area contributed by atoms with Crippen molar-refractivity contribution in [2.75, 3.05) is 18.9 Å². The highest BCUT2D eigenvalue weighted by molar-refractivity contribution is 7.99. The molecule has 2 aromatic heterocycles. The number of para-hydroxylation sites is 2. The molecule has 1 aromatic carbocycles. The molecule has 0 bridgehead atoms. The van der Waals surface area contributed by atoms with Gasteiger partial charge in [-0.15, -0.1) is 11.3 Å². The van der Waals surface area contributed by atoms with Crippen molar-refractivity contribution in [1.82, 2.24) is 19.9 Å². The Morgan fingerprint density at radius 1 is 1.14 bits per heavy atom. The summed E-state index contributed by atoms with van der Waals surface area (Å²) >= 11 is 2.84. The van der Waals surface area contributed by atoms with E-state index in [2.05, 4.69) is 15.0 Å². The van der Waals surface area contributed by atoms with Crippen molar-refractivity contribution in [3.05, 3.63) is 59.3 Å². The molecule has 0 saturated heterocycles. The third kappa shape index (κ3) is 4.79. The van der Waals surface area contributed by atoms with E-state index in [1.165, 1.54) is 23.1 Å². The third-order valence-corrected chi connectivity index (χ3v) is 5.65. The van der Waals surface area contributed by atoms with Crippen molar-refractivity contribution in [3.8, 4) is 11.5 Å². The van der Waals surface area contributed by atoms with Gasteiger partial charge in [-0.1, -0.05) is 23.9 Å². The van der Waals surface area contributed by atoms with Crippen LogP contribution in [-0.4, -0.2) is 50.8 Å². The number of aromatic nitrogens is 3. The summed E-state index contributed by atoms with van der Waals surface area (Å²) in [6, 6.07) is 9.31. The van der Waals surface area contributed by atoms with Gasteiger partial charge in [-0.05, 0) is 18.2 Å². The molecular formula is C19H18N4O3S2. The summed E-state index contributed by atoms with van der Waals surface area (Å²) in [4.78, 5) is 27.3. The Morgan fingerprint density at radius 3 is 2.75 bits per heavy atom. The summed E-state index contributed by atoms with van der Waals surface area (Å²) in [7, 11) is 0. The van der Waals surface area contributed by atoms with Gasteiger partial charge in [-0.25, -0.2) is 15.0 Å². The highest BCUT2D eigenvalue weighted by Gasteiger charge is 2.26. The van der Waals surface area contributed by atoms with E-state index in [9.17, 15) is 4.79 Å². The van der Waals surface area contributed by atoms with Crippen LogP contribution in [-0.2, 0) is 11.3 Å². The van der Waals surface area contributed by atoms with Gasteiger partial charge in [0.05, 0.1) is 18.8 Å². The lowest BCUT2D eigenvalue weighted by atomic mass is 10.2. The number of nitrogens with zero attached hydrogens (tertiary/aromatic N) is 4. The van der Waals surface area contributed by atoms with Crippen LogP contribution < -0.4 is 9.47 Å². The van der Waals surface area contributed by atoms with Crippen LogP contribution in [0.5, 0.6) is 11.5 Å². The van der Waals surface area contributed by atoms with Crippen molar-refractivity contribution in [2.45, 2.75) is 17.8 Å². The van der Waals surface area contributed by atoms with Gasteiger partial charge >= 0.3 is 0 Å². The quantitative estimate of drug-likeness (QED) is 0.434. The van der Waals surface area contributed by atoms with E-state index in [0.717, 1.165) is 10.8 Å². The molecule has 1 aliphatic rings. The van der Waals surface area contributed by atoms with Crippen LogP contribution in [0, 0.1) is 0 Å². The topological polar surface area (TPSA) is 77.4 Å². The standard InChI is InChI=1S/C19H18N4O3S2/c24-18(13-28-19-21-6-3-7-22-19)23(11-17-20-8-9-27-17)10-14-12-25-15-4-1-2-5-16(15)26-14/h1-9,14H,10-13H2. The van der Waals surface area contributed by atoms with Crippen LogP contribution in [0.4, 0.5) is 0 Å². The number of hydrogen-bond acceptors (Lipinski definition) is 8. The van der Waals surface area contributed by atoms with Crippen LogP contribution in [0.25, 0.3) is 0 Å². The first kappa shape index (κ1) is 18.7. The average molecular weight is 415 g/mol. The normalized spacial score (nSPS) is 15.2. The summed E-state index contributed by atoms with van der Waals surface area (Å²) < 4.78 is 11.8. The SMILES string of the molecule is O=C(CSc1ncccn1)N(Cc1nccs1)CC1COc2ccccc2O1. The minimum absolute atomic E-state index is 0.0184. The van der Waals surface area contributed by atoms with Gasteiger partial charge < -0.3 is 14.4 Å². The first-order valence-corrected chi connectivity index (χ1v) is 10.6. The predicted octanol–water partition coefficient (Wildman–Crippen LogP) is 2.89. The first-order valence-electron chi connectivity index (χ1n) is 8.72. The Labute approximate surface area is 170 Å². The second-order valence-electron chi connectivity index (χ2n) is 6.02. The van der Waals surface area contributed by atoms with Gasteiger partial charge in [0.1, 0.15) is 11.6 Å². The number of ether oxygens (including phenoxy) is 2. The molecule has 0 spiro atoms. The zero-order valence-corrected chi connectivity index (χ0v) is 16.6. The minimum atomic E-state index is -0.239. The number of benzene rings is 1. The van der Waals surface area contributed by atoms with Crippen molar-refractivity contribution in [1.29, 1.82) is 0 Å². The third-order valence-electron chi connectivity index (χ3n) is 4.02. The Bertz CT molecular complexity index is 909. The van der Waals surface area contributed by atoms with E-state index in [-0.39, 0.29) is 17.8 Å². The van der Waals surface area contributed by atoms with Crippen LogP contribution in [0.15, 0.2) is 59.5 Å². The molecule has 0 saturated carbocycles. The maximum Gasteiger partial charge on any atom is 0.233 e. The van der Waals surface area contributed by atoms with Gasteiger partial charge in [0, 0.05) is 24.0 Å². The van der Waals surface area contributed by atoms with Crippen molar-refractivity contribution >= 4 is 29.0 Å². The Balaban J connectivity index is 1.42. The number of rotatable bonds is 7. The van der Waals surface area contributed by atoms with Gasteiger partial charge in [-0.2, -0.15) is 0 Å². The zero-order chi connectivity index (χ0) is 19.2. The van der Waals surface area contributed by atoms with Gasteiger partial charge in [0.25, 0.3) is 0 Å². The van der Waals surface area contributed by atoms with Crippen LogP contribution in [0.1, 0.15) is 5.01 Å². The molecule has 1 amide bonds. The number of amides is 1. The molecule has 4 rings (SSSR count). The molecule has 0 fully saturated rings. The fraction of sp³-hybridized carbons (Fsp3) is 0.263. The molecule has 1 atom stereocenters. The molecule has 1 aliphatic heterocycles. The fourth-order valence-electron chi connectivity index (χ4n) is 2.73. The number of thioether (sulfide) groups is 1. The number of carbonyl (C=O) groups is 1. The molecule has 0 radical (unpaired) electrons. The zero-order valence-electron chi connectivity index (χ0n) is 14.9. The number of thiazole rings is 1. The van der Waals surface area contributed by atoms with Gasteiger partial charge in [-0.3, -0.25) is 4.79 Å². The molecular weight excluding hydrogens is 396 g/mol. The van der Waals surface area contributed by atoms with Gasteiger partial charge in [0.15, 0.2) is 22.8 Å². The van der Waals surface area contributed by atoms with Crippen molar-refractivity contribution in [2.24, 2.45) is 0 Å². The van der Waals surface area contributed by atoms with E-state index in [0.29, 0.717) is 30.6 Å². The Morgan fingerprint density at radius 2 is 1.96 bits per heavy atom. The van der Waals surface area contributed by atoms with Crippen molar-refractivity contribution in [3.63, 3.8) is 0 Å². The Kier molecular flexibility index (Phi) is 6.03. The highest BCUT2D eigenvalue weighted by atomic mass is 32.2. The molecule has 9 heteroatoms. The molecule has 0 N–H and O–H groups in total. The number of hydrogen-bond donors (Lipinski definition) is 0. The molecule has 7 nitrogen and oxygen atoms in total. The second-order valence-corrected chi connectivity index (χ2v) is 7.94. The van der Waals surface area contributed by atoms with Crippen LogP contribution in [0.2, 0.25) is 0 Å². The van der Waals surface area contributed by atoms with E-state index in [4.69, 9.17) is 9.47 Å². The maximum atomic E-state index is 12.9. The monoisotopic (exact) mass is 414 g/mol. The van der Waals surface area contributed by atoms with Crippen molar-refractivity contribution < 1.29 is 14.3 Å². The number of fused-ring (bicyclic) bond motifs is 1. The number of carbonyl (C=O) groups excluding carboxylic acids is 1. The van der Waals surface area contributed by atoms with E-state index in [1.54, 1.807) is 29.6 Å². The summed E-state index contributed by atoms with van der Waals surface area (Å²) in [6.45, 7) is 1.25. The van der Waals surface area contributed by atoms with Crippen LogP contribution >= 0.6 is 23.1 Å². The smallest absolute Gasteiger partial charge is 0.233 e. The summed E-state index contributed by atoms with van der Waals surface area (Å²) in [6.07, 6.45) is 4.83. The van der Waals surface area contributed by atoms with E-state index in [1.807, 2.05) is 29.6 Å². The van der Waals surface area contributed by atoms with E-state index >= 15 is 0 Å². The van der Waals surface area contributed by atoms with Gasteiger partial charge in [0.2, 0.25) is 5.91 Å². The fourth-order valence-corrected chi connectivity index (χ4v) is 4.06. The molecule has 144 valence electrons. The lowest BCUT2D eigenvalue weighted by Crippen LogP contribution is -2.44. The summed E-state index contributed by atoms with van der Waals surface area (Å²) in [5.74, 6) is 1.66. The average Bonchev–Trinajstić information content (AvgIpc) is 3.25. The lowest BCUT2D eigenvalue weighted by molar-refractivity contribution is -0.130. The molecule has 28 heavy (non-hydrogen) atoms.